The van der Waals surface area contributed by atoms with Gasteiger partial charge in [-0.3, -0.25) is 4.79 Å². The van der Waals surface area contributed by atoms with Crippen LogP contribution in [0, 0.1) is 0 Å². The number of hydrogen-bond acceptors (Lipinski definition) is 4. The van der Waals surface area contributed by atoms with Crippen molar-refractivity contribution in [3.63, 3.8) is 0 Å². The van der Waals surface area contributed by atoms with E-state index in [0.29, 0.717) is 11.3 Å². The van der Waals surface area contributed by atoms with Crippen LogP contribution in [0.5, 0.6) is 0 Å². The molecule has 0 saturated carbocycles. The molecule has 2 N–H and O–H groups in total. The molecular formula is C8H13N3O2. The summed E-state index contributed by atoms with van der Waals surface area (Å²) in [6, 6.07) is -0.294. The van der Waals surface area contributed by atoms with Crippen molar-refractivity contribution in [2.24, 2.45) is 5.73 Å². The second-order valence-corrected chi connectivity index (χ2v) is 3.10. The van der Waals surface area contributed by atoms with Crippen molar-refractivity contribution in [3.8, 4) is 0 Å². The minimum absolute atomic E-state index is 0.145. The number of carbonyl (C=O) groups is 1. The van der Waals surface area contributed by atoms with Gasteiger partial charge in [-0.05, 0) is 6.92 Å². The van der Waals surface area contributed by atoms with Crippen LogP contribution in [0.3, 0.4) is 0 Å². The molecule has 0 aromatic carbocycles. The zero-order valence-electron chi connectivity index (χ0n) is 7.94. The number of aromatic nitrogens is 1. The first-order valence-electron chi connectivity index (χ1n) is 3.95. The lowest BCUT2D eigenvalue weighted by Crippen LogP contribution is -2.23. The molecular weight excluding hydrogens is 170 g/mol. The fourth-order valence-corrected chi connectivity index (χ4v) is 0.975. The Bertz CT molecular complexity index is 304. The molecule has 1 rings (SSSR count). The molecule has 13 heavy (non-hydrogen) atoms. The summed E-state index contributed by atoms with van der Waals surface area (Å²) in [5.74, 6) is -0.145. The molecule has 1 aromatic heterocycles. The van der Waals surface area contributed by atoms with Gasteiger partial charge in [0.1, 0.15) is 17.5 Å². The Morgan fingerprint density at radius 3 is 2.77 bits per heavy atom. The maximum absolute atomic E-state index is 11.5. The van der Waals surface area contributed by atoms with Crippen LogP contribution in [-0.2, 0) is 0 Å². The Morgan fingerprint density at radius 1 is 1.69 bits per heavy atom. The molecule has 0 bridgehead atoms. The van der Waals surface area contributed by atoms with E-state index in [4.69, 9.17) is 10.3 Å². The number of nitrogens with two attached hydrogens (primary N) is 1. The molecule has 0 aliphatic rings. The van der Waals surface area contributed by atoms with Crippen molar-refractivity contribution in [2.75, 3.05) is 14.1 Å². The minimum atomic E-state index is -0.294. The Hall–Kier alpha value is -1.36. The molecule has 1 heterocycles. The van der Waals surface area contributed by atoms with Crippen LogP contribution in [0.25, 0.3) is 0 Å². The van der Waals surface area contributed by atoms with Crippen LogP contribution in [0.1, 0.15) is 29.0 Å². The maximum Gasteiger partial charge on any atom is 0.258 e. The van der Waals surface area contributed by atoms with E-state index in [2.05, 4.69) is 5.16 Å². The molecule has 0 saturated heterocycles. The Morgan fingerprint density at radius 2 is 2.31 bits per heavy atom. The average Bonchev–Trinajstić information content (AvgIpc) is 2.50. The molecule has 1 amide bonds. The lowest BCUT2D eigenvalue weighted by molar-refractivity contribution is 0.0825. The first-order valence-corrected chi connectivity index (χ1v) is 3.95. The number of hydrogen-bond donors (Lipinski definition) is 1. The summed E-state index contributed by atoms with van der Waals surface area (Å²) >= 11 is 0. The summed E-state index contributed by atoms with van der Waals surface area (Å²) in [6.45, 7) is 1.75. The molecule has 72 valence electrons. The number of amides is 1. The fraction of sp³-hybridized carbons (Fsp3) is 0.500. The van der Waals surface area contributed by atoms with E-state index in [-0.39, 0.29) is 11.9 Å². The van der Waals surface area contributed by atoms with Gasteiger partial charge in [-0.15, -0.1) is 0 Å². The van der Waals surface area contributed by atoms with Crippen LogP contribution in [0.2, 0.25) is 0 Å². The summed E-state index contributed by atoms with van der Waals surface area (Å²) in [7, 11) is 3.33. The summed E-state index contributed by atoms with van der Waals surface area (Å²) in [5, 5.41) is 3.67. The van der Waals surface area contributed by atoms with Crippen molar-refractivity contribution < 1.29 is 9.32 Å². The van der Waals surface area contributed by atoms with Crippen molar-refractivity contribution in [2.45, 2.75) is 13.0 Å². The zero-order valence-corrected chi connectivity index (χ0v) is 7.94. The SMILES string of the molecule is C[C@@H](N)c1nocc1C(=O)N(C)C. The van der Waals surface area contributed by atoms with Crippen LogP contribution < -0.4 is 5.73 Å². The number of nitrogens with zero attached hydrogens (tertiary/aromatic N) is 2. The van der Waals surface area contributed by atoms with Gasteiger partial charge in [0.05, 0.1) is 0 Å². The normalized spacial score (nSPS) is 12.6. The highest BCUT2D eigenvalue weighted by atomic mass is 16.5. The highest BCUT2D eigenvalue weighted by Gasteiger charge is 2.19. The first kappa shape index (κ1) is 9.73. The van der Waals surface area contributed by atoms with Gasteiger partial charge >= 0.3 is 0 Å². The van der Waals surface area contributed by atoms with E-state index in [0.717, 1.165) is 0 Å². The molecule has 0 spiro atoms. The van der Waals surface area contributed by atoms with E-state index in [1.54, 1.807) is 21.0 Å². The van der Waals surface area contributed by atoms with E-state index in [1.165, 1.54) is 11.2 Å². The predicted molar refractivity (Wildman–Crippen MR) is 47.1 cm³/mol. The first-order chi connectivity index (χ1) is 6.04. The van der Waals surface area contributed by atoms with E-state index >= 15 is 0 Å². The summed E-state index contributed by atoms with van der Waals surface area (Å²) in [6.07, 6.45) is 1.32. The van der Waals surface area contributed by atoms with Gasteiger partial charge in [0, 0.05) is 20.1 Å². The van der Waals surface area contributed by atoms with Gasteiger partial charge < -0.3 is 15.2 Å². The summed E-state index contributed by atoms with van der Waals surface area (Å²) in [5.41, 5.74) is 6.53. The molecule has 5 heteroatoms. The second-order valence-electron chi connectivity index (χ2n) is 3.10. The lowest BCUT2D eigenvalue weighted by Gasteiger charge is -2.09. The second kappa shape index (κ2) is 3.57. The molecule has 1 atom stereocenters. The molecule has 0 fully saturated rings. The molecule has 5 nitrogen and oxygen atoms in total. The van der Waals surface area contributed by atoms with Crippen LogP contribution >= 0.6 is 0 Å². The van der Waals surface area contributed by atoms with Gasteiger partial charge in [0.25, 0.3) is 5.91 Å². The summed E-state index contributed by atoms with van der Waals surface area (Å²) in [4.78, 5) is 13.0. The van der Waals surface area contributed by atoms with Crippen LogP contribution in [-0.4, -0.2) is 30.1 Å². The topological polar surface area (TPSA) is 72.4 Å². The predicted octanol–water partition coefficient (Wildman–Crippen LogP) is 0.396. The smallest absolute Gasteiger partial charge is 0.258 e. The Kier molecular flexibility index (Phi) is 2.67. The average molecular weight is 183 g/mol. The molecule has 0 unspecified atom stereocenters. The van der Waals surface area contributed by atoms with E-state index in [9.17, 15) is 4.79 Å². The quantitative estimate of drug-likeness (QED) is 0.720. The van der Waals surface area contributed by atoms with Crippen molar-refractivity contribution >= 4 is 5.91 Å². The van der Waals surface area contributed by atoms with Crippen molar-refractivity contribution in [1.82, 2.24) is 10.1 Å². The monoisotopic (exact) mass is 183 g/mol. The van der Waals surface area contributed by atoms with Gasteiger partial charge in [0.15, 0.2) is 0 Å². The third-order valence-electron chi connectivity index (χ3n) is 1.67. The standard InChI is InChI=1S/C8H13N3O2/c1-5(9)7-6(4-13-10-7)8(12)11(2)3/h4-5H,9H2,1-3H3/t5-/m1/s1. The Balaban J connectivity index is 3.01. The highest BCUT2D eigenvalue weighted by Crippen LogP contribution is 2.14. The molecule has 0 aliphatic carbocycles. The maximum atomic E-state index is 11.5. The van der Waals surface area contributed by atoms with E-state index in [1.807, 2.05) is 0 Å². The molecule has 0 aliphatic heterocycles. The third kappa shape index (κ3) is 1.86. The molecule has 1 aromatic rings. The summed E-state index contributed by atoms with van der Waals surface area (Å²) < 4.78 is 4.70. The third-order valence-corrected chi connectivity index (χ3v) is 1.67. The van der Waals surface area contributed by atoms with Gasteiger partial charge in [-0.25, -0.2) is 0 Å². The number of rotatable bonds is 2. The largest absolute Gasteiger partial charge is 0.364 e. The highest BCUT2D eigenvalue weighted by molar-refractivity contribution is 5.94. The Labute approximate surface area is 76.5 Å². The fourth-order valence-electron chi connectivity index (χ4n) is 0.975. The van der Waals surface area contributed by atoms with Crippen molar-refractivity contribution in [1.29, 1.82) is 0 Å². The lowest BCUT2D eigenvalue weighted by atomic mass is 10.1. The van der Waals surface area contributed by atoms with Gasteiger partial charge in [-0.1, -0.05) is 5.16 Å². The van der Waals surface area contributed by atoms with E-state index < -0.39 is 0 Å². The van der Waals surface area contributed by atoms with Crippen LogP contribution in [0.4, 0.5) is 0 Å². The minimum Gasteiger partial charge on any atom is -0.364 e. The zero-order chi connectivity index (χ0) is 10.0. The van der Waals surface area contributed by atoms with Crippen LogP contribution in [0.15, 0.2) is 10.8 Å². The van der Waals surface area contributed by atoms with Gasteiger partial charge in [-0.2, -0.15) is 0 Å². The van der Waals surface area contributed by atoms with Gasteiger partial charge in [0.2, 0.25) is 0 Å². The number of carbonyl (C=O) groups excluding carboxylic acids is 1. The van der Waals surface area contributed by atoms with Crippen molar-refractivity contribution in [3.05, 3.63) is 17.5 Å². The molecule has 0 radical (unpaired) electrons.